The number of aryl methyl sites for hydroxylation is 1. The van der Waals surface area contributed by atoms with Crippen molar-refractivity contribution < 1.29 is 14.3 Å². The zero-order chi connectivity index (χ0) is 21.1. The van der Waals surface area contributed by atoms with Gasteiger partial charge in [0.1, 0.15) is 0 Å². The van der Waals surface area contributed by atoms with Gasteiger partial charge in [0, 0.05) is 36.6 Å². The lowest BCUT2D eigenvalue weighted by Gasteiger charge is -2.25. The SMILES string of the molecule is COCCNC(=O)c1sc2ccccc2c1C[C@H]1CCCN1C(=O)c1cn[nH]c1C. The molecule has 0 saturated carbocycles. The van der Waals surface area contributed by atoms with Gasteiger partial charge in [-0.1, -0.05) is 18.2 Å². The average Bonchev–Trinajstić information content (AvgIpc) is 3.47. The molecule has 1 aromatic carbocycles. The molecule has 158 valence electrons. The molecule has 4 rings (SSSR count). The highest BCUT2D eigenvalue weighted by Crippen LogP contribution is 2.34. The molecule has 30 heavy (non-hydrogen) atoms. The van der Waals surface area contributed by atoms with E-state index in [2.05, 4.69) is 21.6 Å². The fourth-order valence-electron chi connectivity index (χ4n) is 4.10. The van der Waals surface area contributed by atoms with Crippen LogP contribution in [0, 0.1) is 6.92 Å². The first-order valence-corrected chi connectivity index (χ1v) is 11.0. The number of hydrogen-bond donors (Lipinski definition) is 2. The number of hydrogen-bond acceptors (Lipinski definition) is 5. The zero-order valence-corrected chi connectivity index (χ0v) is 18.1. The van der Waals surface area contributed by atoms with Gasteiger partial charge in [-0.25, -0.2) is 0 Å². The number of nitrogens with zero attached hydrogens (tertiary/aromatic N) is 2. The molecule has 0 unspecified atom stereocenters. The van der Waals surface area contributed by atoms with Crippen molar-refractivity contribution in [2.45, 2.75) is 32.2 Å². The third-order valence-electron chi connectivity index (χ3n) is 5.63. The third-order valence-corrected chi connectivity index (χ3v) is 6.85. The second-order valence-electron chi connectivity index (χ2n) is 7.56. The molecule has 0 aliphatic carbocycles. The Hall–Kier alpha value is -2.71. The molecule has 0 bridgehead atoms. The molecular weight excluding hydrogens is 400 g/mol. The number of aromatic nitrogens is 2. The van der Waals surface area contributed by atoms with E-state index in [1.807, 2.05) is 30.0 Å². The van der Waals surface area contributed by atoms with Crippen LogP contribution in [-0.4, -0.2) is 59.8 Å². The second kappa shape index (κ2) is 8.97. The number of carbonyl (C=O) groups excluding carboxylic acids is 2. The maximum atomic E-state index is 13.1. The Morgan fingerprint density at radius 3 is 2.97 bits per heavy atom. The number of rotatable bonds is 7. The fraction of sp³-hybridized carbons (Fsp3) is 0.409. The van der Waals surface area contributed by atoms with Crippen molar-refractivity contribution in [1.82, 2.24) is 20.4 Å². The molecular formula is C22H26N4O3S. The van der Waals surface area contributed by atoms with Crippen molar-refractivity contribution in [3.05, 3.63) is 52.2 Å². The number of thiophene rings is 1. The standard InChI is InChI=1S/C22H26N4O3S/c1-14-18(13-24-25-14)22(28)26-10-5-6-15(26)12-17-16-7-3-4-8-19(16)30-20(17)21(27)23-9-11-29-2/h3-4,7-8,13,15H,5-6,9-12H2,1-2H3,(H,23,27)(H,24,25)/t15-/m1/s1. The first kappa shape index (κ1) is 20.6. The Kier molecular flexibility index (Phi) is 6.15. The van der Waals surface area contributed by atoms with Crippen LogP contribution in [0.2, 0.25) is 0 Å². The molecule has 2 amide bonds. The number of aromatic amines is 1. The minimum atomic E-state index is -0.0789. The van der Waals surface area contributed by atoms with Crippen LogP contribution in [0.3, 0.4) is 0 Å². The van der Waals surface area contributed by atoms with Crippen molar-refractivity contribution in [3.8, 4) is 0 Å². The molecule has 2 N–H and O–H groups in total. The summed E-state index contributed by atoms with van der Waals surface area (Å²) in [6, 6.07) is 8.16. The number of nitrogens with one attached hydrogen (secondary N) is 2. The predicted octanol–water partition coefficient (Wildman–Crippen LogP) is 3.16. The molecule has 1 saturated heterocycles. The Balaban J connectivity index is 1.62. The van der Waals surface area contributed by atoms with E-state index in [-0.39, 0.29) is 17.9 Å². The van der Waals surface area contributed by atoms with Crippen molar-refractivity contribution >= 4 is 33.2 Å². The van der Waals surface area contributed by atoms with E-state index in [9.17, 15) is 9.59 Å². The lowest BCUT2D eigenvalue weighted by Crippen LogP contribution is -2.37. The van der Waals surface area contributed by atoms with Gasteiger partial charge in [0.2, 0.25) is 0 Å². The Morgan fingerprint density at radius 1 is 1.37 bits per heavy atom. The number of ether oxygens (including phenoxy) is 1. The lowest BCUT2D eigenvalue weighted by atomic mass is 10.00. The molecule has 1 aliphatic heterocycles. The van der Waals surface area contributed by atoms with Gasteiger partial charge >= 0.3 is 0 Å². The summed E-state index contributed by atoms with van der Waals surface area (Å²) < 4.78 is 6.14. The monoisotopic (exact) mass is 426 g/mol. The highest BCUT2D eigenvalue weighted by molar-refractivity contribution is 7.21. The molecule has 3 aromatic rings. The Labute approximate surface area is 179 Å². The van der Waals surface area contributed by atoms with Crippen molar-refractivity contribution in [2.24, 2.45) is 0 Å². The number of carbonyl (C=O) groups is 2. The number of methoxy groups -OCH3 is 1. The van der Waals surface area contributed by atoms with E-state index < -0.39 is 0 Å². The smallest absolute Gasteiger partial charge is 0.261 e. The van der Waals surface area contributed by atoms with Gasteiger partial charge in [0.25, 0.3) is 11.8 Å². The predicted molar refractivity (Wildman–Crippen MR) is 117 cm³/mol. The summed E-state index contributed by atoms with van der Waals surface area (Å²) in [4.78, 5) is 28.7. The van der Waals surface area contributed by atoms with Gasteiger partial charge in [0.15, 0.2) is 0 Å². The van der Waals surface area contributed by atoms with Crippen molar-refractivity contribution in [2.75, 3.05) is 26.8 Å². The largest absolute Gasteiger partial charge is 0.383 e. The van der Waals surface area contributed by atoms with Gasteiger partial charge in [-0.15, -0.1) is 11.3 Å². The minimum Gasteiger partial charge on any atom is -0.383 e. The molecule has 0 spiro atoms. The Morgan fingerprint density at radius 2 is 2.20 bits per heavy atom. The van der Waals surface area contributed by atoms with Crippen LogP contribution in [0.4, 0.5) is 0 Å². The van der Waals surface area contributed by atoms with Crippen LogP contribution in [0.1, 0.15) is 44.1 Å². The van der Waals surface area contributed by atoms with Crippen LogP contribution in [-0.2, 0) is 11.2 Å². The summed E-state index contributed by atoms with van der Waals surface area (Å²) >= 11 is 1.51. The normalized spacial score (nSPS) is 16.3. The van der Waals surface area contributed by atoms with Gasteiger partial charge in [0.05, 0.1) is 23.2 Å². The van der Waals surface area contributed by atoms with Crippen LogP contribution in [0.15, 0.2) is 30.5 Å². The molecule has 7 nitrogen and oxygen atoms in total. The first-order valence-electron chi connectivity index (χ1n) is 10.2. The second-order valence-corrected chi connectivity index (χ2v) is 8.61. The average molecular weight is 427 g/mol. The summed E-state index contributed by atoms with van der Waals surface area (Å²) in [5, 5.41) is 10.9. The van der Waals surface area contributed by atoms with Crippen LogP contribution in [0.25, 0.3) is 10.1 Å². The van der Waals surface area contributed by atoms with E-state index >= 15 is 0 Å². The van der Waals surface area contributed by atoms with E-state index in [0.717, 1.165) is 45.6 Å². The Bertz CT molecular complexity index is 1060. The fourth-order valence-corrected chi connectivity index (χ4v) is 5.25. The maximum Gasteiger partial charge on any atom is 0.261 e. The van der Waals surface area contributed by atoms with E-state index in [0.29, 0.717) is 25.1 Å². The van der Waals surface area contributed by atoms with Crippen LogP contribution >= 0.6 is 11.3 Å². The molecule has 3 heterocycles. The van der Waals surface area contributed by atoms with E-state index in [1.54, 1.807) is 13.3 Å². The summed E-state index contributed by atoms with van der Waals surface area (Å²) in [5.41, 5.74) is 2.43. The molecule has 1 atom stereocenters. The molecule has 1 fully saturated rings. The van der Waals surface area contributed by atoms with Crippen LogP contribution in [0.5, 0.6) is 0 Å². The minimum absolute atomic E-state index is 0.00869. The van der Waals surface area contributed by atoms with Crippen LogP contribution < -0.4 is 5.32 Å². The van der Waals surface area contributed by atoms with Crippen molar-refractivity contribution in [1.29, 1.82) is 0 Å². The highest BCUT2D eigenvalue weighted by atomic mass is 32.1. The highest BCUT2D eigenvalue weighted by Gasteiger charge is 2.32. The third kappa shape index (κ3) is 3.97. The first-order chi connectivity index (χ1) is 14.6. The van der Waals surface area contributed by atoms with Gasteiger partial charge in [-0.05, 0) is 43.2 Å². The lowest BCUT2D eigenvalue weighted by molar-refractivity contribution is 0.0736. The summed E-state index contributed by atoms with van der Waals surface area (Å²) in [6.45, 7) is 3.53. The topological polar surface area (TPSA) is 87.3 Å². The molecule has 8 heteroatoms. The number of benzene rings is 1. The molecule has 2 aromatic heterocycles. The van der Waals surface area contributed by atoms with E-state index in [4.69, 9.17) is 4.74 Å². The number of H-pyrrole nitrogens is 1. The van der Waals surface area contributed by atoms with Gasteiger partial charge in [-0.3, -0.25) is 14.7 Å². The number of amides is 2. The quantitative estimate of drug-likeness (QED) is 0.568. The summed E-state index contributed by atoms with van der Waals surface area (Å²) in [5.74, 6) is -0.0702. The molecule has 1 aliphatic rings. The molecule has 0 radical (unpaired) electrons. The van der Waals surface area contributed by atoms with Gasteiger partial charge in [-0.2, -0.15) is 5.10 Å². The van der Waals surface area contributed by atoms with E-state index in [1.165, 1.54) is 11.3 Å². The maximum absolute atomic E-state index is 13.1. The van der Waals surface area contributed by atoms with Gasteiger partial charge < -0.3 is 15.0 Å². The summed E-state index contributed by atoms with van der Waals surface area (Å²) in [6.07, 6.45) is 4.16. The number of likely N-dealkylation sites (tertiary alicyclic amines) is 1. The van der Waals surface area contributed by atoms with Crippen molar-refractivity contribution in [3.63, 3.8) is 0 Å². The summed E-state index contributed by atoms with van der Waals surface area (Å²) in [7, 11) is 1.62. The zero-order valence-electron chi connectivity index (χ0n) is 17.2. The number of fused-ring (bicyclic) bond motifs is 1.